The highest BCUT2D eigenvalue weighted by atomic mass is 16.5. The Hall–Kier alpha value is -0.0800. The van der Waals surface area contributed by atoms with Crippen molar-refractivity contribution in [2.24, 2.45) is 0 Å². The van der Waals surface area contributed by atoms with E-state index < -0.39 is 0 Å². The summed E-state index contributed by atoms with van der Waals surface area (Å²) in [4.78, 5) is 0. The summed E-state index contributed by atoms with van der Waals surface area (Å²) in [7, 11) is 0. The molecule has 1 saturated heterocycles. The Bertz CT molecular complexity index is 77.0. The van der Waals surface area contributed by atoms with Crippen LogP contribution in [0.15, 0.2) is 0 Å². The number of aliphatic hydroxyl groups excluding tert-OH is 1. The van der Waals surface area contributed by atoms with E-state index in [1.54, 1.807) is 0 Å². The molecule has 1 aliphatic heterocycles. The Morgan fingerprint density at radius 2 is 2.44 bits per heavy atom. The van der Waals surface area contributed by atoms with E-state index in [2.05, 4.69) is 0 Å². The van der Waals surface area contributed by atoms with Crippen molar-refractivity contribution in [3.05, 3.63) is 0 Å². The fourth-order valence-corrected chi connectivity index (χ4v) is 0.939. The Labute approximate surface area is 55.8 Å². The molecule has 2 atom stereocenters. The van der Waals surface area contributed by atoms with Gasteiger partial charge in [-0.1, -0.05) is 0 Å². The molecule has 9 heavy (non-hydrogen) atoms. The van der Waals surface area contributed by atoms with E-state index in [-0.39, 0.29) is 6.10 Å². The molecule has 0 aliphatic carbocycles. The smallest absolute Gasteiger partial charge is 0.0598 e. The van der Waals surface area contributed by atoms with Gasteiger partial charge in [0.2, 0.25) is 0 Å². The van der Waals surface area contributed by atoms with E-state index in [0.717, 1.165) is 19.4 Å². The molecule has 0 aromatic carbocycles. The molecule has 2 heteroatoms. The van der Waals surface area contributed by atoms with Gasteiger partial charge in [0, 0.05) is 6.61 Å². The minimum atomic E-state index is -0.158. The van der Waals surface area contributed by atoms with E-state index in [1.807, 2.05) is 6.92 Å². The fourth-order valence-electron chi connectivity index (χ4n) is 0.939. The summed E-state index contributed by atoms with van der Waals surface area (Å²) in [6.07, 6.45) is 3.39. The summed E-state index contributed by atoms with van der Waals surface area (Å²) in [6.45, 7) is 2.74. The average molecular weight is 130 g/mol. The van der Waals surface area contributed by atoms with Crippen LogP contribution in [-0.2, 0) is 4.74 Å². The van der Waals surface area contributed by atoms with E-state index in [4.69, 9.17) is 9.84 Å². The SMILES string of the molecule is CC(O)CCC1CCO1. The number of hydrogen-bond acceptors (Lipinski definition) is 2. The van der Waals surface area contributed by atoms with Gasteiger partial charge in [0.05, 0.1) is 12.2 Å². The van der Waals surface area contributed by atoms with E-state index >= 15 is 0 Å². The molecule has 0 amide bonds. The summed E-state index contributed by atoms with van der Waals surface area (Å²) >= 11 is 0. The van der Waals surface area contributed by atoms with Crippen molar-refractivity contribution in [2.45, 2.75) is 38.4 Å². The van der Waals surface area contributed by atoms with Gasteiger partial charge in [-0.25, -0.2) is 0 Å². The first-order chi connectivity index (χ1) is 4.29. The van der Waals surface area contributed by atoms with Crippen LogP contribution in [-0.4, -0.2) is 23.9 Å². The largest absolute Gasteiger partial charge is 0.393 e. The molecule has 1 heterocycles. The topological polar surface area (TPSA) is 29.5 Å². The maximum Gasteiger partial charge on any atom is 0.0598 e. The second-order valence-electron chi connectivity index (χ2n) is 2.71. The van der Waals surface area contributed by atoms with Gasteiger partial charge in [-0.15, -0.1) is 0 Å². The first-order valence-electron chi connectivity index (χ1n) is 3.58. The van der Waals surface area contributed by atoms with Gasteiger partial charge in [0.1, 0.15) is 0 Å². The Balaban J connectivity index is 1.91. The Morgan fingerprint density at radius 1 is 1.78 bits per heavy atom. The molecule has 0 bridgehead atoms. The van der Waals surface area contributed by atoms with Gasteiger partial charge in [0.15, 0.2) is 0 Å². The average Bonchev–Trinajstić information content (AvgIpc) is 1.60. The minimum absolute atomic E-state index is 0.158. The molecular formula is C7H14O2. The van der Waals surface area contributed by atoms with Crippen LogP contribution in [0, 0.1) is 0 Å². The van der Waals surface area contributed by atoms with Gasteiger partial charge >= 0.3 is 0 Å². The van der Waals surface area contributed by atoms with Crippen molar-refractivity contribution in [1.82, 2.24) is 0 Å². The second kappa shape index (κ2) is 3.18. The van der Waals surface area contributed by atoms with Gasteiger partial charge in [-0.05, 0) is 26.2 Å². The monoisotopic (exact) mass is 130 g/mol. The maximum atomic E-state index is 8.87. The van der Waals surface area contributed by atoms with Crippen LogP contribution in [0.2, 0.25) is 0 Å². The number of rotatable bonds is 3. The maximum absolute atomic E-state index is 8.87. The fraction of sp³-hybridized carbons (Fsp3) is 1.00. The third-order valence-corrected chi connectivity index (χ3v) is 1.70. The van der Waals surface area contributed by atoms with Crippen molar-refractivity contribution < 1.29 is 9.84 Å². The normalized spacial score (nSPS) is 29.3. The quantitative estimate of drug-likeness (QED) is 0.616. The zero-order chi connectivity index (χ0) is 6.69. The Kier molecular flexibility index (Phi) is 2.49. The van der Waals surface area contributed by atoms with Crippen LogP contribution >= 0.6 is 0 Å². The number of ether oxygens (including phenoxy) is 1. The lowest BCUT2D eigenvalue weighted by atomic mass is 10.1. The number of hydrogen-bond donors (Lipinski definition) is 1. The molecule has 0 spiro atoms. The van der Waals surface area contributed by atoms with Gasteiger partial charge in [-0.3, -0.25) is 0 Å². The molecular weight excluding hydrogens is 116 g/mol. The van der Waals surface area contributed by atoms with Crippen molar-refractivity contribution in [3.63, 3.8) is 0 Å². The van der Waals surface area contributed by atoms with E-state index in [9.17, 15) is 0 Å². The van der Waals surface area contributed by atoms with Crippen LogP contribution in [0.1, 0.15) is 26.2 Å². The second-order valence-corrected chi connectivity index (χ2v) is 2.71. The van der Waals surface area contributed by atoms with Crippen LogP contribution in [0.3, 0.4) is 0 Å². The zero-order valence-electron chi connectivity index (χ0n) is 5.84. The summed E-state index contributed by atoms with van der Waals surface area (Å²) in [5.41, 5.74) is 0. The predicted molar refractivity (Wildman–Crippen MR) is 35.3 cm³/mol. The van der Waals surface area contributed by atoms with Gasteiger partial charge in [-0.2, -0.15) is 0 Å². The summed E-state index contributed by atoms with van der Waals surface area (Å²) in [5.74, 6) is 0. The molecule has 0 aromatic rings. The summed E-state index contributed by atoms with van der Waals surface area (Å²) < 4.78 is 5.17. The lowest BCUT2D eigenvalue weighted by Crippen LogP contribution is -2.27. The minimum Gasteiger partial charge on any atom is -0.393 e. The van der Waals surface area contributed by atoms with E-state index in [0.29, 0.717) is 6.10 Å². The lowest BCUT2D eigenvalue weighted by molar-refractivity contribution is -0.0596. The van der Waals surface area contributed by atoms with Crippen LogP contribution in [0.25, 0.3) is 0 Å². The summed E-state index contributed by atoms with van der Waals surface area (Å²) in [5, 5.41) is 8.87. The molecule has 0 saturated carbocycles. The molecule has 0 radical (unpaired) electrons. The van der Waals surface area contributed by atoms with Gasteiger partial charge in [0.25, 0.3) is 0 Å². The van der Waals surface area contributed by atoms with Crippen LogP contribution < -0.4 is 0 Å². The molecule has 2 unspecified atom stereocenters. The molecule has 1 N–H and O–H groups in total. The first kappa shape index (κ1) is 7.03. The van der Waals surface area contributed by atoms with E-state index in [1.165, 1.54) is 6.42 Å². The van der Waals surface area contributed by atoms with Crippen molar-refractivity contribution in [1.29, 1.82) is 0 Å². The highest BCUT2D eigenvalue weighted by Gasteiger charge is 2.17. The zero-order valence-corrected chi connectivity index (χ0v) is 5.84. The third kappa shape index (κ3) is 2.33. The predicted octanol–water partition coefficient (Wildman–Crippen LogP) is 0.936. The molecule has 1 rings (SSSR count). The summed E-state index contributed by atoms with van der Waals surface area (Å²) in [6, 6.07) is 0. The third-order valence-electron chi connectivity index (χ3n) is 1.70. The molecule has 1 aliphatic rings. The standard InChI is InChI=1S/C7H14O2/c1-6(8)2-3-7-4-5-9-7/h6-8H,2-5H2,1H3. The lowest BCUT2D eigenvalue weighted by Gasteiger charge is -2.26. The van der Waals surface area contributed by atoms with Crippen molar-refractivity contribution >= 4 is 0 Å². The molecule has 1 fully saturated rings. The van der Waals surface area contributed by atoms with Gasteiger partial charge < -0.3 is 9.84 Å². The molecule has 0 aromatic heterocycles. The number of aliphatic hydroxyl groups is 1. The highest BCUT2D eigenvalue weighted by molar-refractivity contribution is 4.66. The Morgan fingerprint density at radius 3 is 2.78 bits per heavy atom. The van der Waals surface area contributed by atoms with Crippen molar-refractivity contribution in [2.75, 3.05) is 6.61 Å². The van der Waals surface area contributed by atoms with Crippen molar-refractivity contribution in [3.8, 4) is 0 Å². The highest BCUT2D eigenvalue weighted by Crippen LogP contribution is 2.16. The first-order valence-corrected chi connectivity index (χ1v) is 3.58. The molecule has 54 valence electrons. The van der Waals surface area contributed by atoms with Crippen LogP contribution in [0.5, 0.6) is 0 Å². The van der Waals surface area contributed by atoms with Crippen LogP contribution in [0.4, 0.5) is 0 Å². The molecule has 2 nitrogen and oxygen atoms in total.